The Balaban J connectivity index is 1.45. The third-order valence-corrected chi connectivity index (χ3v) is 10.00. The standard InChI is InChI=1S/C27H48N5O3PS2/c1-3-4-5-6-7-8-9-10-11-12-13-14-15-16-18-37-38-19-17-24(36(33)34)35-23(2)20-32-22-31-25-26(28)29-21-30-27(25)32/h21-24H,3-20H2,1-2H3,(H2,28,29,30). The summed E-state index contributed by atoms with van der Waals surface area (Å²) in [4.78, 5) is 12.4. The van der Waals surface area contributed by atoms with Crippen molar-refractivity contribution in [3.63, 3.8) is 0 Å². The first-order valence-corrected chi connectivity index (χ1v) is 18.2. The van der Waals surface area contributed by atoms with Gasteiger partial charge < -0.3 is 15.0 Å². The van der Waals surface area contributed by atoms with Crippen LogP contribution < -0.4 is 5.73 Å². The topological polar surface area (TPSA) is 113 Å². The lowest BCUT2D eigenvalue weighted by Gasteiger charge is -2.17. The zero-order valence-corrected chi connectivity index (χ0v) is 25.9. The first-order valence-electron chi connectivity index (χ1n) is 14.5. The van der Waals surface area contributed by atoms with Crippen molar-refractivity contribution in [2.75, 3.05) is 17.2 Å². The first kappa shape index (κ1) is 33.1. The molecular formula is C27H48N5O3PS2. The Kier molecular flexibility index (Phi) is 18.1. The Bertz CT molecular complexity index is 952. The van der Waals surface area contributed by atoms with E-state index in [9.17, 15) is 9.13 Å². The van der Waals surface area contributed by atoms with Crippen LogP contribution in [0.4, 0.5) is 5.82 Å². The van der Waals surface area contributed by atoms with Gasteiger partial charge in [-0.25, -0.2) is 24.1 Å². The van der Waals surface area contributed by atoms with E-state index in [0.29, 0.717) is 29.9 Å². The van der Waals surface area contributed by atoms with Crippen LogP contribution in [-0.4, -0.2) is 43.0 Å². The van der Waals surface area contributed by atoms with Crippen molar-refractivity contribution in [1.82, 2.24) is 19.5 Å². The Morgan fingerprint density at radius 1 is 0.868 bits per heavy atom. The van der Waals surface area contributed by atoms with Crippen LogP contribution in [0.1, 0.15) is 110 Å². The molecule has 0 aliphatic rings. The highest BCUT2D eigenvalue weighted by Gasteiger charge is 2.20. The van der Waals surface area contributed by atoms with Crippen molar-refractivity contribution in [1.29, 1.82) is 0 Å². The normalized spacial score (nSPS) is 13.2. The molecule has 2 aromatic heterocycles. The molecular weight excluding hydrogens is 537 g/mol. The summed E-state index contributed by atoms with van der Waals surface area (Å²) in [5.74, 6) is 1.41. The highest BCUT2D eigenvalue weighted by Crippen LogP contribution is 2.29. The Morgan fingerprint density at radius 2 is 1.45 bits per heavy atom. The predicted molar refractivity (Wildman–Crippen MR) is 162 cm³/mol. The van der Waals surface area contributed by atoms with E-state index in [2.05, 4.69) is 21.9 Å². The van der Waals surface area contributed by atoms with E-state index in [1.807, 2.05) is 22.3 Å². The van der Waals surface area contributed by atoms with Crippen molar-refractivity contribution in [2.24, 2.45) is 0 Å². The van der Waals surface area contributed by atoms with E-state index in [4.69, 9.17) is 10.5 Å². The number of aromatic nitrogens is 4. The van der Waals surface area contributed by atoms with Gasteiger partial charge in [0, 0.05) is 11.5 Å². The van der Waals surface area contributed by atoms with Crippen LogP contribution in [-0.2, 0) is 20.4 Å². The van der Waals surface area contributed by atoms with Crippen LogP contribution >= 0.6 is 29.3 Å². The molecule has 0 amide bonds. The van der Waals surface area contributed by atoms with Crippen molar-refractivity contribution in [3.05, 3.63) is 12.7 Å². The summed E-state index contributed by atoms with van der Waals surface area (Å²) >= 11 is 0. The van der Waals surface area contributed by atoms with Crippen molar-refractivity contribution < 1.29 is 13.9 Å². The van der Waals surface area contributed by atoms with Gasteiger partial charge in [0.1, 0.15) is 11.8 Å². The lowest BCUT2D eigenvalue weighted by atomic mass is 10.0. The number of nitrogens with two attached hydrogens (primary N) is 1. The molecule has 2 atom stereocenters. The van der Waals surface area contributed by atoms with Gasteiger partial charge in [0.05, 0.1) is 19.0 Å². The summed E-state index contributed by atoms with van der Waals surface area (Å²) in [5.41, 5.74) is 6.99. The molecule has 2 unspecified atom stereocenters. The Morgan fingerprint density at radius 3 is 2.05 bits per heavy atom. The van der Waals surface area contributed by atoms with E-state index >= 15 is 0 Å². The molecule has 0 aromatic carbocycles. The molecule has 0 spiro atoms. The highest BCUT2D eigenvalue weighted by atomic mass is 33.1. The molecule has 0 aliphatic heterocycles. The quantitative estimate of drug-likeness (QED) is 0.0735. The SMILES string of the molecule is CCCCCCCCCCCCCCCCSSCCC(OC(C)Cn1cnc2c(N)ncnc21)P(=O)=O. The van der Waals surface area contributed by atoms with Crippen LogP contribution in [0.15, 0.2) is 12.7 Å². The van der Waals surface area contributed by atoms with Gasteiger partial charge in [-0.1, -0.05) is 112 Å². The summed E-state index contributed by atoms with van der Waals surface area (Å²) in [6.07, 6.45) is 22.4. The van der Waals surface area contributed by atoms with Crippen molar-refractivity contribution in [3.8, 4) is 0 Å². The van der Waals surface area contributed by atoms with Crippen LogP contribution in [0.3, 0.4) is 0 Å². The highest BCUT2D eigenvalue weighted by molar-refractivity contribution is 8.76. The third kappa shape index (κ3) is 13.8. The van der Waals surface area contributed by atoms with E-state index in [-0.39, 0.29) is 6.10 Å². The molecule has 0 bridgehead atoms. The lowest BCUT2D eigenvalue weighted by Crippen LogP contribution is -2.21. The minimum atomic E-state index is -2.66. The molecule has 0 saturated heterocycles. The van der Waals surface area contributed by atoms with E-state index < -0.39 is 13.5 Å². The van der Waals surface area contributed by atoms with Crippen LogP contribution in [0, 0.1) is 0 Å². The van der Waals surface area contributed by atoms with Gasteiger partial charge in [0.2, 0.25) is 0 Å². The molecule has 2 N–H and O–H groups in total. The van der Waals surface area contributed by atoms with Gasteiger partial charge in [0.25, 0.3) is 0 Å². The molecule has 0 radical (unpaired) electrons. The molecule has 38 heavy (non-hydrogen) atoms. The first-order chi connectivity index (χ1) is 18.5. The molecule has 0 aliphatic carbocycles. The summed E-state index contributed by atoms with van der Waals surface area (Å²) in [5, 5.41) is 0. The average molecular weight is 586 g/mol. The number of imidazole rings is 1. The molecule has 216 valence electrons. The fraction of sp³-hybridized carbons (Fsp3) is 0.815. The number of unbranched alkanes of at least 4 members (excludes halogenated alkanes) is 13. The molecule has 2 rings (SSSR count). The maximum Gasteiger partial charge on any atom is 0.345 e. The molecule has 2 heterocycles. The smallest absolute Gasteiger partial charge is 0.345 e. The second-order valence-electron chi connectivity index (χ2n) is 10.0. The molecule has 0 saturated carbocycles. The minimum Gasteiger partial charge on any atom is -0.382 e. The summed E-state index contributed by atoms with van der Waals surface area (Å²) < 4.78 is 31.2. The summed E-state index contributed by atoms with van der Waals surface area (Å²) in [6.45, 7) is 4.57. The number of fused-ring (bicyclic) bond motifs is 1. The average Bonchev–Trinajstić information content (AvgIpc) is 3.31. The maximum atomic E-state index is 11.7. The van der Waals surface area contributed by atoms with Crippen LogP contribution in [0.25, 0.3) is 11.2 Å². The van der Waals surface area contributed by atoms with E-state index in [1.54, 1.807) is 17.1 Å². The second kappa shape index (κ2) is 20.8. The van der Waals surface area contributed by atoms with E-state index in [1.165, 1.54) is 96.2 Å². The van der Waals surface area contributed by atoms with Crippen molar-refractivity contribution in [2.45, 2.75) is 129 Å². The summed E-state index contributed by atoms with van der Waals surface area (Å²) in [6, 6.07) is 0. The largest absolute Gasteiger partial charge is 0.382 e. The number of anilines is 1. The number of nitrogen functional groups attached to an aromatic ring is 1. The fourth-order valence-corrected chi connectivity index (χ4v) is 7.51. The van der Waals surface area contributed by atoms with E-state index in [0.717, 1.165) is 11.5 Å². The van der Waals surface area contributed by atoms with Gasteiger partial charge in [-0.3, -0.25) is 0 Å². The zero-order valence-electron chi connectivity index (χ0n) is 23.4. The zero-order chi connectivity index (χ0) is 27.4. The fourth-order valence-electron chi connectivity index (χ4n) is 4.47. The Hall–Kier alpha value is -1.09. The van der Waals surface area contributed by atoms with Gasteiger partial charge in [-0.15, -0.1) is 0 Å². The third-order valence-electron chi connectivity index (χ3n) is 6.62. The van der Waals surface area contributed by atoms with Crippen LogP contribution in [0.5, 0.6) is 0 Å². The number of rotatable bonds is 24. The molecule has 11 heteroatoms. The molecule has 2 aromatic rings. The van der Waals surface area contributed by atoms with Crippen LogP contribution in [0.2, 0.25) is 0 Å². The van der Waals surface area contributed by atoms with Gasteiger partial charge >= 0.3 is 7.68 Å². The molecule has 0 fully saturated rings. The number of nitrogens with zero attached hydrogens (tertiary/aromatic N) is 4. The van der Waals surface area contributed by atoms with Crippen molar-refractivity contribution >= 4 is 46.2 Å². The lowest BCUT2D eigenvalue weighted by molar-refractivity contribution is 0.0301. The monoisotopic (exact) mass is 585 g/mol. The van der Waals surface area contributed by atoms with Gasteiger partial charge in [0.15, 0.2) is 17.3 Å². The number of ether oxygens (including phenoxy) is 1. The predicted octanol–water partition coefficient (Wildman–Crippen LogP) is 8.57. The second-order valence-corrected chi connectivity index (χ2v) is 13.9. The number of hydrogen-bond donors (Lipinski definition) is 1. The number of hydrogen-bond acceptors (Lipinski definition) is 9. The van der Waals surface area contributed by atoms with Gasteiger partial charge in [-0.2, -0.15) is 0 Å². The minimum absolute atomic E-state index is 0.310. The van der Waals surface area contributed by atoms with Gasteiger partial charge in [-0.05, 0) is 19.8 Å². The maximum absolute atomic E-state index is 11.7. The Labute approximate surface area is 237 Å². The molecule has 8 nitrogen and oxygen atoms in total. The summed E-state index contributed by atoms with van der Waals surface area (Å²) in [7, 11) is 0.926.